The molecule has 1 unspecified atom stereocenters. The van der Waals surface area contributed by atoms with Crippen molar-refractivity contribution in [1.29, 1.82) is 0 Å². The molecule has 0 aromatic carbocycles. The van der Waals surface area contributed by atoms with Crippen LogP contribution in [0.15, 0.2) is 11.6 Å². The lowest BCUT2D eigenvalue weighted by atomic mass is 9.73. The van der Waals surface area contributed by atoms with Crippen LogP contribution in [0.2, 0.25) is 0 Å². The Labute approximate surface area is 107 Å². The molecule has 0 aliphatic carbocycles. The number of urea groups is 1. The van der Waals surface area contributed by atoms with Crippen LogP contribution in [-0.2, 0) is 9.59 Å². The van der Waals surface area contributed by atoms with Crippen LogP contribution < -0.4 is 5.32 Å². The van der Waals surface area contributed by atoms with Gasteiger partial charge in [0, 0.05) is 7.05 Å². The van der Waals surface area contributed by atoms with Crippen molar-refractivity contribution in [1.82, 2.24) is 10.2 Å². The van der Waals surface area contributed by atoms with E-state index in [0.717, 1.165) is 11.3 Å². The van der Waals surface area contributed by atoms with Gasteiger partial charge in [0.25, 0.3) is 0 Å². The number of carbonyl (C=O) groups is 3. The van der Waals surface area contributed by atoms with Crippen LogP contribution in [0.4, 0.5) is 4.79 Å². The summed E-state index contributed by atoms with van der Waals surface area (Å²) in [5, 5.41) is 2.26. The maximum Gasteiger partial charge on any atom is 0.330 e. The maximum atomic E-state index is 12.4. The van der Waals surface area contributed by atoms with Gasteiger partial charge in [0.05, 0.1) is 0 Å². The van der Waals surface area contributed by atoms with Gasteiger partial charge >= 0.3 is 6.03 Å². The molecule has 5 nitrogen and oxygen atoms in total. The summed E-state index contributed by atoms with van der Waals surface area (Å²) in [5.41, 5.74) is -0.498. The molecule has 0 aromatic rings. The van der Waals surface area contributed by atoms with Crippen LogP contribution in [0.3, 0.4) is 0 Å². The molecule has 5 heteroatoms. The Morgan fingerprint density at radius 3 is 2.44 bits per heavy atom. The zero-order valence-electron chi connectivity index (χ0n) is 11.4. The molecule has 1 saturated heterocycles. The number of rotatable bonds is 4. The minimum Gasteiger partial charge on any atom is -0.276 e. The summed E-state index contributed by atoms with van der Waals surface area (Å²) in [4.78, 5) is 37.0. The van der Waals surface area contributed by atoms with Gasteiger partial charge in [-0.2, -0.15) is 0 Å². The van der Waals surface area contributed by atoms with Gasteiger partial charge < -0.3 is 0 Å². The summed E-state index contributed by atoms with van der Waals surface area (Å²) in [5.74, 6) is -0.931. The van der Waals surface area contributed by atoms with Gasteiger partial charge in [-0.3, -0.25) is 19.8 Å². The number of nitrogens with zero attached hydrogens (tertiary/aromatic N) is 1. The average molecular weight is 252 g/mol. The minimum atomic E-state index is -1.21. The number of hydrogen-bond donors (Lipinski definition) is 1. The normalized spacial score (nSPS) is 25.4. The van der Waals surface area contributed by atoms with Crippen molar-refractivity contribution in [2.45, 2.75) is 40.0 Å². The largest absolute Gasteiger partial charge is 0.330 e. The van der Waals surface area contributed by atoms with E-state index < -0.39 is 23.3 Å². The summed E-state index contributed by atoms with van der Waals surface area (Å²) < 4.78 is 0. The number of imide groups is 2. The highest BCUT2D eigenvalue weighted by Crippen LogP contribution is 2.37. The fraction of sp³-hybridized carbons (Fsp3) is 0.615. The first-order valence-electron chi connectivity index (χ1n) is 6.22. The van der Waals surface area contributed by atoms with Crippen molar-refractivity contribution in [3.05, 3.63) is 11.6 Å². The zero-order chi connectivity index (χ0) is 13.9. The molecule has 1 rings (SSSR count). The zero-order valence-corrected chi connectivity index (χ0v) is 11.4. The number of carbonyl (C=O) groups excluding carboxylic acids is 3. The van der Waals surface area contributed by atoms with Crippen LogP contribution in [0, 0.1) is 5.41 Å². The highest BCUT2D eigenvalue weighted by molar-refractivity contribution is 6.20. The van der Waals surface area contributed by atoms with E-state index in [4.69, 9.17) is 0 Å². The van der Waals surface area contributed by atoms with Crippen molar-refractivity contribution in [2.24, 2.45) is 5.41 Å². The molecule has 0 radical (unpaired) electrons. The van der Waals surface area contributed by atoms with E-state index in [1.54, 1.807) is 6.92 Å². The molecule has 4 amide bonds. The van der Waals surface area contributed by atoms with Crippen molar-refractivity contribution in [3.8, 4) is 0 Å². The Morgan fingerprint density at radius 1 is 1.33 bits per heavy atom. The Balaban J connectivity index is 3.32. The standard InChI is InChI=1S/C13H20N2O3/c1-5-7-9(3)13(8-6-2)10(16)14-12(18)15(4)11(13)17/h7H,5-6,8H2,1-4H3,(H,14,16,18). The molecule has 1 aliphatic heterocycles. The SMILES string of the molecule is CCC=C(C)C1(CCC)C(=O)NC(=O)N(C)C1=O. The first-order chi connectivity index (χ1) is 8.41. The lowest BCUT2D eigenvalue weighted by Crippen LogP contribution is -2.63. The van der Waals surface area contributed by atoms with Crippen molar-refractivity contribution < 1.29 is 14.4 Å². The number of amides is 4. The fourth-order valence-corrected chi connectivity index (χ4v) is 2.38. The smallest absolute Gasteiger partial charge is 0.276 e. The number of hydrogen-bond acceptors (Lipinski definition) is 3. The molecule has 1 heterocycles. The lowest BCUT2D eigenvalue weighted by Gasteiger charge is -2.38. The van der Waals surface area contributed by atoms with E-state index in [-0.39, 0.29) is 0 Å². The van der Waals surface area contributed by atoms with Gasteiger partial charge in [0.1, 0.15) is 5.41 Å². The van der Waals surface area contributed by atoms with Gasteiger partial charge in [0.2, 0.25) is 11.8 Å². The summed E-state index contributed by atoms with van der Waals surface area (Å²) in [6.45, 7) is 5.64. The predicted octanol–water partition coefficient (Wildman–Crippen LogP) is 1.84. The third-order valence-corrected chi connectivity index (χ3v) is 3.39. The van der Waals surface area contributed by atoms with Crippen molar-refractivity contribution in [3.63, 3.8) is 0 Å². The minimum absolute atomic E-state index is 0.414. The van der Waals surface area contributed by atoms with Crippen LogP contribution >= 0.6 is 0 Å². The molecule has 0 aromatic heterocycles. The molecule has 0 spiro atoms. The third-order valence-electron chi connectivity index (χ3n) is 3.39. The molecule has 0 saturated carbocycles. The van der Waals surface area contributed by atoms with E-state index >= 15 is 0 Å². The van der Waals surface area contributed by atoms with Crippen molar-refractivity contribution in [2.75, 3.05) is 7.05 Å². The number of barbiturate groups is 1. The molecule has 1 aliphatic rings. The lowest BCUT2D eigenvalue weighted by molar-refractivity contribution is -0.148. The first kappa shape index (κ1) is 14.4. The Bertz CT molecular complexity index is 414. The van der Waals surface area contributed by atoms with Crippen molar-refractivity contribution >= 4 is 17.8 Å². The monoisotopic (exact) mass is 252 g/mol. The maximum absolute atomic E-state index is 12.4. The summed E-state index contributed by atoms with van der Waals surface area (Å²) in [7, 11) is 1.40. The second-order valence-corrected chi connectivity index (χ2v) is 4.57. The van der Waals surface area contributed by atoms with Gasteiger partial charge in [0.15, 0.2) is 0 Å². The molecule has 1 atom stereocenters. The van der Waals surface area contributed by atoms with Gasteiger partial charge in [-0.15, -0.1) is 0 Å². The second kappa shape index (κ2) is 5.33. The number of nitrogens with one attached hydrogen (secondary N) is 1. The van der Waals surface area contributed by atoms with E-state index in [9.17, 15) is 14.4 Å². The second-order valence-electron chi connectivity index (χ2n) is 4.57. The van der Waals surface area contributed by atoms with E-state index in [0.29, 0.717) is 18.4 Å². The number of allylic oxidation sites excluding steroid dienone is 1. The molecular formula is C13H20N2O3. The van der Waals surface area contributed by atoms with Crippen LogP contribution in [-0.4, -0.2) is 29.8 Å². The van der Waals surface area contributed by atoms with Gasteiger partial charge in [-0.05, 0) is 19.8 Å². The van der Waals surface area contributed by atoms with E-state index in [1.165, 1.54) is 7.05 Å². The summed E-state index contributed by atoms with van der Waals surface area (Å²) in [6, 6.07) is -0.652. The van der Waals surface area contributed by atoms with Gasteiger partial charge in [-0.25, -0.2) is 4.79 Å². The highest BCUT2D eigenvalue weighted by Gasteiger charge is 2.53. The van der Waals surface area contributed by atoms with E-state index in [2.05, 4.69) is 5.32 Å². The topological polar surface area (TPSA) is 66.5 Å². The highest BCUT2D eigenvalue weighted by atomic mass is 16.2. The fourth-order valence-electron chi connectivity index (χ4n) is 2.38. The molecule has 100 valence electrons. The molecule has 18 heavy (non-hydrogen) atoms. The van der Waals surface area contributed by atoms with Crippen LogP contribution in [0.25, 0.3) is 0 Å². The first-order valence-corrected chi connectivity index (χ1v) is 6.22. The molecule has 1 N–H and O–H groups in total. The quantitative estimate of drug-likeness (QED) is 0.613. The Hall–Kier alpha value is -1.65. The van der Waals surface area contributed by atoms with Crippen LogP contribution in [0.1, 0.15) is 40.0 Å². The summed E-state index contributed by atoms with van der Waals surface area (Å²) >= 11 is 0. The third kappa shape index (κ3) is 2.05. The Kier molecular flexibility index (Phi) is 4.27. The molecule has 0 bridgehead atoms. The Morgan fingerprint density at radius 2 is 1.94 bits per heavy atom. The van der Waals surface area contributed by atoms with Gasteiger partial charge in [-0.1, -0.05) is 31.9 Å². The molecule has 1 fully saturated rings. The van der Waals surface area contributed by atoms with E-state index in [1.807, 2.05) is 19.9 Å². The predicted molar refractivity (Wildman–Crippen MR) is 67.7 cm³/mol. The molecular weight excluding hydrogens is 232 g/mol. The van der Waals surface area contributed by atoms with Crippen LogP contribution in [0.5, 0.6) is 0 Å². The average Bonchev–Trinajstić information content (AvgIpc) is 2.32. The summed E-state index contributed by atoms with van der Waals surface area (Å²) in [6.07, 6.45) is 3.72.